The molecule has 0 N–H and O–H groups in total. The molecule has 0 aromatic carbocycles. The van der Waals surface area contributed by atoms with E-state index in [4.69, 9.17) is 11.6 Å². The van der Waals surface area contributed by atoms with Crippen molar-refractivity contribution in [2.24, 2.45) is 5.92 Å². The molecule has 0 spiro atoms. The average molecular weight is 225 g/mol. The van der Waals surface area contributed by atoms with Crippen molar-refractivity contribution in [2.75, 3.05) is 18.0 Å². The first kappa shape index (κ1) is 10.7. The summed E-state index contributed by atoms with van der Waals surface area (Å²) in [6.07, 6.45) is 3.04. The Bertz CT molecular complexity index is 340. The van der Waals surface area contributed by atoms with E-state index in [1.165, 1.54) is 12.1 Å². The normalized spacial score (nSPS) is 26.7. The Hall–Kier alpha value is -0.760. The molecule has 2 nitrogen and oxygen atoms in total. The van der Waals surface area contributed by atoms with Crippen LogP contribution < -0.4 is 4.90 Å². The number of piperidine rings is 1. The van der Waals surface area contributed by atoms with E-state index < -0.39 is 0 Å². The summed E-state index contributed by atoms with van der Waals surface area (Å²) < 4.78 is 0. The first-order chi connectivity index (χ1) is 7.16. The van der Waals surface area contributed by atoms with Gasteiger partial charge in [0, 0.05) is 30.7 Å². The predicted octanol–water partition coefficient (Wildman–Crippen LogP) is 2.84. The summed E-state index contributed by atoms with van der Waals surface area (Å²) in [4.78, 5) is 6.56. The highest BCUT2D eigenvalue weighted by Gasteiger charge is 2.24. The van der Waals surface area contributed by atoms with Crippen molar-refractivity contribution in [3.05, 3.63) is 24.0 Å². The molecule has 2 rings (SSSR count). The van der Waals surface area contributed by atoms with Crippen LogP contribution in [0.4, 0.5) is 5.69 Å². The summed E-state index contributed by atoms with van der Waals surface area (Å²) in [6.45, 7) is 6.31. The largest absolute Gasteiger partial charge is 0.370 e. The minimum atomic E-state index is 0.271. The summed E-state index contributed by atoms with van der Waals surface area (Å²) >= 11 is 6.29. The van der Waals surface area contributed by atoms with Crippen LogP contribution >= 0.6 is 11.6 Å². The first-order valence-corrected chi connectivity index (χ1v) is 5.92. The number of hydrogen-bond acceptors (Lipinski definition) is 2. The van der Waals surface area contributed by atoms with Crippen LogP contribution in [0.3, 0.4) is 0 Å². The van der Waals surface area contributed by atoms with Crippen molar-refractivity contribution < 1.29 is 0 Å². The van der Waals surface area contributed by atoms with Gasteiger partial charge >= 0.3 is 0 Å². The van der Waals surface area contributed by atoms with E-state index in [2.05, 4.69) is 28.9 Å². The number of anilines is 1. The fraction of sp³-hybridized carbons (Fsp3) is 0.583. The number of halogens is 1. The van der Waals surface area contributed by atoms with Gasteiger partial charge in [-0.15, -0.1) is 11.6 Å². The van der Waals surface area contributed by atoms with Gasteiger partial charge in [0.25, 0.3) is 0 Å². The third-order valence-electron chi connectivity index (χ3n) is 3.11. The van der Waals surface area contributed by atoms with Crippen molar-refractivity contribution in [3.8, 4) is 0 Å². The summed E-state index contributed by atoms with van der Waals surface area (Å²) in [5.74, 6) is 0.630. The van der Waals surface area contributed by atoms with E-state index in [0.29, 0.717) is 5.92 Å². The molecule has 0 bridgehead atoms. The van der Waals surface area contributed by atoms with E-state index >= 15 is 0 Å². The molecule has 1 aromatic heterocycles. The lowest BCUT2D eigenvalue weighted by molar-refractivity contribution is 0.445. The quantitative estimate of drug-likeness (QED) is 0.682. The van der Waals surface area contributed by atoms with Crippen molar-refractivity contribution in [1.82, 2.24) is 4.98 Å². The predicted molar refractivity (Wildman–Crippen MR) is 64.6 cm³/mol. The Morgan fingerprint density at radius 2 is 2.33 bits per heavy atom. The van der Waals surface area contributed by atoms with Crippen LogP contribution in [-0.2, 0) is 0 Å². The molecular weight excluding hydrogens is 208 g/mol. The highest BCUT2D eigenvalue weighted by Crippen LogP contribution is 2.26. The van der Waals surface area contributed by atoms with Gasteiger partial charge in [-0.05, 0) is 31.4 Å². The zero-order valence-electron chi connectivity index (χ0n) is 9.28. The first-order valence-electron chi connectivity index (χ1n) is 5.48. The Balaban J connectivity index is 2.12. The van der Waals surface area contributed by atoms with Crippen molar-refractivity contribution in [3.63, 3.8) is 0 Å². The number of nitrogens with zero attached hydrogens (tertiary/aromatic N) is 2. The van der Waals surface area contributed by atoms with Gasteiger partial charge in [0.2, 0.25) is 0 Å². The van der Waals surface area contributed by atoms with Gasteiger partial charge in [0.1, 0.15) is 0 Å². The second-order valence-corrected chi connectivity index (χ2v) is 4.94. The Kier molecular flexibility index (Phi) is 3.15. The molecule has 0 amide bonds. The minimum absolute atomic E-state index is 0.271. The lowest BCUT2D eigenvalue weighted by atomic mass is 9.98. The second kappa shape index (κ2) is 4.40. The zero-order chi connectivity index (χ0) is 10.8. The molecule has 2 unspecified atom stereocenters. The van der Waals surface area contributed by atoms with Crippen molar-refractivity contribution in [2.45, 2.75) is 25.6 Å². The molecule has 1 aliphatic heterocycles. The Morgan fingerprint density at radius 3 is 3.00 bits per heavy atom. The third kappa shape index (κ3) is 2.43. The number of rotatable bonds is 1. The molecule has 1 aromatic rings. The van der Waals surface area contributed by atoms with Crippen LogP contribution in [0.2, 0.25) is 0 Å². The van der Waals surface area contributed by atoms with Gasteiger partial charge in [0.05, 0.1) is 5.38 Å². The summed E-state index contributed by atoms with van der Waals surface area (Å²) in [5, 5.41) is 0.271. The number of pyridine rings is 1. The van der Waals surface area contributed by atoms with Gasteiger partial charge in [0.15, 0.2) is 0 Å². The average Bonchev–Trinajstić information content (AvgIpc) is 2.22. The van der Waals surface area contributed by atoms with E-state index in [1.54, 1.807) is 0 Å². The fourth-order valence-corrected chi connectivity index (χ4v) is 2.28. The topological polar surface area (TPSA) is 16.1 Å². The van der Waals surface area contributed by atoms with Gasteiger partial charge in [-0.25, -0.2) is 0 Å². The van der Waals surface area contributed by atoms with E-state index in [1.807, 2.05) is 13.1 Å². The van der Waals surface area contributed by atoms with E-state index in [0.717, 1.165) is 18.8 Å². The summed E-state index contributed by atoms with van der Waals surface area (Å²) in [7, 11) is 0. The molecule has 1 aliphatic rings. The summed E-state index contributed by atoms with van der Waals surface area (Å²) in [5.41, 5.74) is 2.32. The van der Waals surface area contributed by atoms with Crippen LogP contribution in [-0.4, -0.2) is 23.5 Å². The Labute approximate surface area is 96.3 Å². The zero-order valence-corrected chi connectivity index (χ0v) is 10.0. The lowest BCUT2D eigenvalue weighted by Gasteiger charge is -2.35. The molecule has 15 heavy (non-hydrogen) atoms. The molecule has 0 saturated carbocycles. The van der Waals surface area contributed by atoms with Gasteiger partial charge in [-0.3, -0.25) is 4.98 Å². The highest BCUT2D eigenvalue weighted by atomic mass is 35.5. The molecule has 1 fully saturated rings. The minimum Gasteiger partial charge on any atom is -0.370 e. The second-order valence-electron chi connectivity index (χ2n) is 4.38. The third-order valence-corrected chi connectivity index (χ3v) is 3.68. The highest BCUT2D eigenvalue weighted by molar-refractivity contribution is 6.21. The van der Waals surface area contributed by atoms with Crippen molar-refractivity contribution in [1.29, 1.82) is 0 Å². The van der Waals surface area contributed by atoms with Crippen LogP contribution in [0.25, 0.3) is 0 Å². The van der Waals surface area contributed by atoms with E-state index in [-0.39, 0.29) is 5.38 Å². The van der Waals surface area contributed by atoms with Crippen LogP contribution in [0.1, 0.15) is 19.0 Å². The molecule has 3 heteroatoms. The maximum absolute atomic E-state index is 6.29. The number of aryl methyl sites for hydroxylation is 1. The monoisotopic (exact) mass is 224 g/mol. The van der Waals surface area contributed by atoms with Crippen LogP contribution in [0.15, 0.2) is 18.3 Å². The maximum atomic E-state index is 6.29. The van der Waals surface area contributed by atoms with Crippen LogP contribution in [0, 0.1) is 12.8 Å². The molecule has 0 aliphatic carbocycles. The standard InChI is InChI=1S/C12H17ClN2/c1-9-4-6-15(8-12(9)13)11-3-5-14-10(2)7-11/h3,5,7,9,12H,4,6,8H2,1-2H3. The number of alkyl halides is 1. The Morgan fingerprint density at radius 1 is 1.53 bits per heavy atom. The van der Waals surface area contributed by atoms with E-state index in [9.17, 15) is 0 Å². The molecule has 1 saturated heterocycles. The van der Waals surface area contributed by atoms with Gasteiger partial charge in [-0.1, -0.05) is 6.92 Å². The summed E-state index contributed by atoms with van der Waals surface area (Å²) in [6, 6.07) is 4.19. The number of hydrogen-bond donors (Lipinski definition) is 0. The SMILES string of the molecule is Cc1cc(N2CCC(C)C(Cl)C2)ccn1. The molecule has 0 radical (unpaired) electrons. The van der Waals surface area contributed by atoms with Crippen LogP contribution in [0.5, 0.6) is 0 Å². The van der Waals surface area contributed by atoms with Gasteiger partial charge < -0.3 is 4.90 Å². The van der Waals surface area contributed by atoms with Gasteiger partial charge in [-0.2, -0.15) is 0 Å². The fourth-order valence-electron chi connectivity index (χ4n) is 1.98. The maximum Gasteiger partial charge on any atom is 0.0537 e. The molecular formula is C12H17ClN2. The number of aromatic nitrogens is 1. The smallest absolute Gasteiger partial charge is 0.0537 e. The molecule has 82 valence electrons. The van der Waals surface area contributed by atoms with Crippen molar-refractivity contribution >= 4 is 17.3 Å². The lowest BCUT2D eigenvalue weighted by Crippen LogP contribution is -2.40. The molecule has 2 atom stereocenters. The molecule has 2 heterocycles.